The molecule has 0 radical (unpaired) electrons. The number of hydrogen-bond donors (Lipinski definition) is 1. The molecule has 1 N–H and O–H groups in total. The number of nitrogens with zero attached hydrogens (tertiary/aromatic N) is 1. The topological polar surface area (TPSA) is 58.6 Å². The molecule has 5 heteroatoms. The lowest BCUT2D eigenvalue weighted by atomic mass is 9.99. The van der Waals surface area contributed by atoms with Gasteiger partial charge in [0.05, 0.1) is 13.7 Å². The van der Waals surface area contributed by atoms with E-state index >= 15 is 0 Å². The Kier molecular flexibility index (Phi) is 6.46. The van der Waals surface area contributed by atoms with Crippen molar-refractivity contribution in [1.29, 1.82) is 0 Å². The van der Waals surface area contributed by atoms with Crippen LogP contribution in [-0.4, -0.2) is 49.6 Å². The van der Waals surface area contributed by atoms with Crippen LogP contribution in [0.2, 0.25) is 0 Å². The summed E-state index contributed by atoms with van der Waals surface area (Å²) in [6.45, 7) is 6.41. The van der Waals surface area contributed by atoms with E-state index in [0.29, 0.717) is 12.6 Å². The van der Waals surface area contributed by atoms with E-state index in [2.05, 4.69) is 17.1 Å². The summed E-state index contributed by atoms with van der Waals surface area (Å²) in [5, 5.41) is 2.81. The van der Waals surface area contributed by atoms with Crippen LogP contribution in [0.3, 0.4) is 0 Å². The third-order valence-corrected chi connectivity index (χ3v) is 4.38. The molecule has 5 nitrogen and oxygen atoms in total. The predicted octanol–water partition coefficient (Wildman–Crippen LogP) is 1.42. The largest absolute Gasteiger partial charge is 0.467 e. The second-order valence-electron chi connectivity index (χ2n) is 5.95. The summed E-state index contributed by atoms with van der Waals surface area (Å²) in [7, 11) is 3.31. The molecule has 3 unspecified atom stereocenters. The van der Waals surface area contributed by atoms with Crippen molar-refractivity contribution in [3.05, 3.63) is 0 Å². The Morgan fingerprint density at radius 2 is 1.95 bits per heavy atom. The molecule has 0 saturated heterocycles. The second kappa shape index (κ2) is 7.62. The van der Waals surface area contributed by atoms with Gasteiger partial charge in [-0.15, -0.1) is 0 Å². The molecule has 0 aromatic heterocycles. The first kappa shape index (κ1) is 17.0. The monoisotopic (exact) mass is 284 g/mol. The summed E-state index contributed by atoms with van der Waals surface area (Å²) >= 11 is 0. The van der Waals surface area contributed by atoms with Crippen molar-refractivity contribution in [2.75, 3.05) is 20.7 Å². The van der Waals surface area contributed by atoms with E-state index in [0.717, 1.165) is 12.3 Å². The second-order valence-corrected chi connectivity index (χ2v) is 5.95. The predicted molar refractivity (Wildman–Crippen MR) is 78.2 cm³/mol. The van der Waals surface area contributed by atoms with Gasteiger partial charge in [0, 0.05) is 6.04 Å². The third-order valence-electron chi connectivity index (χ3n) is 4.38. The Balaban J connectivity index is 2.50. The van der Waals surface area contributed by atoms with E-state index in [-0.39, 0.29) is 17.8 Å². The van der Waals surface area contributed by atoms with Crippen molar-refractivity contribution < 1.29 is 14.3 Å². The zero-order valence-electron chi connectivity index (χ0n) is 13.3. The van der Waals surface area contributed by atoms with Gasteiger partial charge in [0.15, 0.2) is 0 Å². The summed E-state index contributed by atoms with van der Waals surface area (Å²) in [4.78, 5) is 25.9. The molecule has 0 spiro atoms. The van der Waals surface area contributed by atoms with E-state index in [1.807, 2.05) is 20.9 Å². The smallest absolute Gasteiger partial charge is 0.328 e. The first-order valence-electron chi connectivity index (χ1n) is 7.48. The van der Waals surface area contributed by atoms with Crippen LogP contribution in [-0.2, 0) is 14.3 Å². The fraction of sp³-hybridized carbons (Fsp3) is 0.867. The minimum absolute atomic E-state index is 0.0672. The molecule has 1 aliphatic carbocycles. The minimum atomic E-state index is -0.554. The van der Waals surface area contributed by atoms with E-state index < -0.39 is 6.04 Å². The van der Waals surface area contributed by atoms with Crippen molar-refractivity contribution in [2.45, 2.75) is 52.1 Å². The number of rotatable bonds is 8. The molecule has 0 bridgehead atoms. The van der Waals surface area contributed by atoms with Crippen LogP contribution in [0.5, 0.6) is 0 Å². The molecule has 0 aromatic carbocycles. The quantitative estimate of drug-likeness (QED) is 0.685. The number of likely N-dealkylation sites (N-methyl/N-ethyl adjacent to an activating group) is 1. The molecule has 1 saturated carbocycles. The Bertz CT molecular complexity index is 342. The Morgan fingerprint density at radius 3 is 2.40 bits per heavy atom. The number of methoxy groups -OCH3 is 1. The summed E-state index contributed by atoms with van der Waals surface area (Å²) in [5.74, 6) is 0.303. The number of nitrogens with one attached hydrogen (secondary N) is 1. The Hall–Kier alpha value is -1.10. The van der Waals surface area contributed by atoms with Gasteiger partial charge in [0.1, 0.15) is 6.04 Å². The Morgan fingerprint density at radius 1 is 1.35 bits per heavy atom. The average Bonchev–Trinajstić information content (AvgIpc) is 3.26. The van der Waals surface area contributed by atoms with Gasteiger partial charge in [-0.25, -0.2) is 4.79 Å². The van der Waals surface area contributed by atoms with Gasteiger partial charge >= 0.3 is 5.97 Å². The fourth-order valence-electron chi connectivity index (χ4n) is 2.32. The van der Waals surface area contributed by atoms with E-state index in [9.17, 15) is 9.59 Å². The number of esters is 1. The molecule has 1 rings (SSSR count). The highest BCUT2D eigenvalue weighted by atomic mass is 16.5. The summed E-state index contributed by atoms with van der Waals surface area (Å²) in [5.41, 5.74) is 0. The first-order valence-corrected chi connectivity index (χ1v) is 7.48. The van der Waals surface area contributed by atoms with Crippen molar-refractivity contribution in [2.24, 2.45) is 11.8 Å². The van der Waals surface area contributed by atoms with Crippen LogP contribution >= 0.6 is 0 Å². The van der Waals surface area contributed by atoms with Crippen molar-refractivity contribution in [3.63, 3.8) is 0 Å². The van der Waals surface area contributed by atoms with Gasteiger partial charge in [-0.05, 0) is 38.6 Å². The van der Waals surface area contributed by atoms with Gasteiger partial charge in [-0.2, -0.15) is 0 Å². The van der Waals surface area contributed by atoms with Gasteiger partial charge in [-0.1, -0.05) is 20.3 Å². The standard InChI is InChI=1S/C15H28N2O3/c1-6-10(2)14(15(19)20-5)16-13(18)9-17(4)11(3)12-7-8-12/h10-12,14H,6-9H2,1-5H3,(H,16,18). The van der Waals surface area contributed by atoms with Crippen molar-refractivity contribution in [3.8, 4) is 0 Å². The number of amides is 1. The van der Waals surface area contributed by atoms with Crippen LogP contribution in [0.1, 0.15) is 40.0 Å². The van der Waals surface area contributed by atoms with Crippen LogP contribution in [0.25, 0.3) is 0 Å². The highest BCUT2D eigenvalue weighted by Crippen LogP contribution is 2.34. The molecule has 20 heavy (non-hydrogen) atoms. The van der Waals surface area contributed by atoms with Crippen molar-refractivity contribution in [1.82, 2.24) is 10.2 Å². The van der Waals surface area contributed by atoms with Gasteiger partial charge in [0.25, 0.3) is 0 Å². The zero-order chi connectivity index (χ0) is 15.3. The summed E-state index contributed by atoms with van der Waals surface area (Å²) < 4.78 is 4.77. The van der Waals surface area contributed by atoms with Crippen LogP contribution < -0.4 is 5.32 Å². The first-order chi connectivity index (χ1) is 9.40. The molecular weight excluding hydrogens is 256 g/mol. The average molecular weight is 284 g/mol. The maximum atomic E-state index is 12.1. The molecule has 1 aliphatic rings. The summed E-state index contributed by atoms with van der Waals surface area (Å²) in [6, 6.07) is -0.136. The number of ether oxygens (including phenoxy) is 1. The lowest BCUT2D eigenvalue weighted by Crippen LogP contribution is -2.49. The lowest BCUT2D eigenvalue weighted by Gasteiger charge is -2.26. The van der Waals surface area contributed by atoms with Gasteiger partial charge in [0.2, 0.25) is 5.91 Å². The van der Waals surface area contributed by atoms with Crippen LogP contribution in [0.4, 0.5) is 0 Å². The molecule has 0 heterocycles. The lowest BCUT2D eigenvalue weighted by molar-refractivity contribution is -0.146. The van der Waals surface area contributed by atoms with E-state index in [4.69, 9.17) is 4.74 Å². The zero-order valence-corrected chi connectivity index (χ0v) is 13.3. The number of carbonyl (C=O) groups excluding carboxylic acids is 2. The molecule has 1 fully saturated rings. The molecule has 0 aliphatic heterocycles. The normalized spacial score (nSPS) is 19.3. The third kappa shape index (κ3) is 4.78. The van der Waals surface area contributed by atoms with Crippen LogP contribution in [0.15, 0.2) is 0 Å². The van der Waals surface area contributed by atoms with Gasteiger partial charge in [-0.3, -0.25) is 9.69 Å². The molecular formula is C15H28N2O3. The Labute approximate surface area is 122 Å². The van der Waals surface area contributed by atoms with Crippen molar-refractivity contribution >= 4 is 11.9 Å². The van der Waals surface area contributed by atoms with Gasteiger partial charge < -0.3 is 10.1 Å². The van der Waals surface area contributed by atoms with Crippen LogP contribution in [0, 0.1) is 11.8 Å². The van der Waals surface area contributed by atoms with E-state index in [1.165, 1.54) is 20.0 Å². The highest BCUT2D eigenvalue weighted by molar-refractivity contribution is 5.85. The SMILES string of the molecule is CCC(C)C(NC(=O)CN(C)C(C)C1CC1)C(=O)OC. The number of hydrogen-bond acceptors (Lipinski definition) is 4. The molecule has 1 amide bonds. The van der Waals surface area contributed by atoms with E-state index in [1.54, 1.807) is 0 Å². The maximum absolute atomic E-state index is 12.1. The molecule has 0 aromatic rings. The maximum Gasteiger partial charge on any atom is 0.328 e. The summed E-state index contributed by atoms with van der Waals surface area (Å²) in [6.07, 6.45) is 3.32. The molecule has 3 atom stereocenters. The highest BCUT2D eigenvalue weighted by Gasteiger charge is 2.32. The fourth-order valence-corrected chi connectivity index (χ4v) is 2.32. The minimum Gasteiger partial charge on any atom is -0.467 e. The number of carbonyl (C=O) groups is 2. The molecule has 116 valence electrons.